The van der Waals surface area contributed by atoms with Crippen molar-refractivity contribution < 1.29 is 33.5 Å². The van der Waals surface area contributed by atoms with Crippen LogP contribution in [-0.4, -0.2) is 36.3 Å². The second kappa shape index (κ2) is 15.0. The molecule has 0 fully saturated rings. The third-order valence-electron chi connectivity index (χ3n) is 5.45. The Labute approximate surface area is 215 Å². The molecule has 0 saturated carbocycles. The van der Waals surface area contributed by atoms with Crippen LogP contribution in [0.5, 0.6) is 0 Å². The van der Waals surface area contributed by atoms with Crippen molar-refractivity contribution in [3.8, 4) is 0 Å². The van der Waals surface area contributed by atoms with Crippen LogP contribution in [0.3, 0.4) is 0 Å². The summed E-state index contributed by atoms with van der Waals surface area (Å²) in [6, 6.07) is 5.78. The van der Waals surface area contributed by atoms with Crippen LogP contribution in [0.25, 0.3) is 0 Å². The number of carbonyl (C=O) groups is 2. The summed E-state index contributed by atoms with van der Waals surface area (Å²) in [7, 11) is 0. The topological polar surface area (TPSA) is 126 Å². The summed E-state index contributed by atoms with van der Waals surface area (Å²) in [5.74, 6) is -0.706. The molecule has 10 nitrogen and oxygen atoms in total. The van der Waals surface area contributed by atoms with E-state index < -0.39 is 23.2 Å². The van der Waals surface area contributed by atoms with E-state index in [9.17, 15) is 19.7 Å². The van der Waals surface area contributed by atoms with Crippen LogP contribution in [0.2, 0.25) is 0 Å². The number of rotatable bonds is 13. The molecule has 0 saturated heterocycles. The first-order valence-electron chi connectivity index (χ1n) is 12.0. The van der Waals surface area contributed by atoms with Crippen molar-refractivity contribution in [3.63, 3.8) is 0 Å². The maximum atomic E-state index is 12.5. The predicted molar refractivity (Wildman–Crippen MR) is 133 cm³/mol. The lowest BCUT2D eigenvalue weighted by Crippen LogP contribution is -2.29. The van der Waals surface area contributed by atoms with Crippen LogP contribution in [0.15, 0.2) is 47.2 Å². The molecule has 1 aromatic carbocycles. The van der Waals surface area contributed by atoms with Gasteiger partial charge in [0.15, 0.2) is 0 Å². The Morgan fingerprint density at radius 3 is 2.14 bits per heavy atom. The molecule has 1 aliphatic rings. The summed E-state index contributed by atoms with van der Waals surface area (Å²) in [6.07, 6.45) is 4.27. The van der Waals surface area contributed by atoms with Crippen LogP contribution in [0, 0.1) is 10.1 Å². The zero-order valence-electron chi connectivity index (χ0n) is 20.8. The average molecular weight is 525 g/mol. The smallest absolute Gasteiger partial charge is 0.434 e. The van der Waals surface area contributed by atoms with Gasteiger partial charge in [0.2, 0.25) is 0 Å². The van der Waals surface area contributed by atoms with Crippen molar-refractivity contribution in [3.05, 3.63) is 62.9 Å². The van der Waals surface area contributed by atoms with Gasteiger partial charge in [0, 0.05) is 12.1 Å². The highest BCUT2D eigenvalue weighted by Gasteiger charge is 2.36. The highest BCUT2D eigenvalue weighted by atomic mass is 35.5. The van der Waals surface area contributed by atoms with E-state index in [-0.39, 0.29) is 36.3 Å². The Kier molecular flexibility index (Phi) is 12.0. The standard InChI is InChI=1S/C25H33ClN2O8/c1-4-5-6-7-8-9-14-33-24(29)35-22-17(2)27-18(3)23(36-25(30)34-15-13-26)21(22)19-11-10-12-20(16-19)28(31)32/h10-12,16,21,27H,4-9,13-15H2,1-3H3. The molecule has 0 radical (unpaired) electrons. The lowest BCUT2D eigenvalue weighted by Gasteiger charge is -2.30. The van der Waals surface area contributed by atoms with E-state index in [1.807, 2.05) is 0 Å². The summed E-state index contributed by atoms with van der Waals surface area (Å²) in [5, 5.41) is 14.4. The van der Waals surface area contributed by atoms with Crippen molar-refractivity contribution in [2.45, 2.75) is 65.2 Å². The molecule has 198 valence electrons. The molecule has 0 bridgehead atoms. The number of hydrogen-bond acceptors (Lipinski definition) is 9. The fourth-order valence-electron chi connectivity index (χ4n) is 3.75. The fraction of sp³-hybridized carbons (Fsp3) is 0.520. The summed E-state index contributed by atoms with van der Waals surface area (Å²) in [4.78, 5) is 35.6. The van der Waals surface area contributed by atoms with Gasteiger partial charge in [-0.05, 0) is 25.8 Å². The lowest BCUT2D eigenvalue weighted by atomic mass is 9.90. The van der Waals surface area contributed by atoms with E-state index in [2.05, 4.69) is 12.2 Å². The molecule has 1 unspecified atom stereocenters. The molecule has 1 heterocycles. The number of alkyl halides is 1. The monoisotopic (exact) mass is 524 g/mol. The summed E-state index contributed by atoms with van der Waals surface area (Å²) in [6.45, 7) is 5.62. The van der Waals surface area contributed by atoms with E-state index in [0.717, 1.165) is 25.7 Å². The van der Waals surface area contributed by atoms with Crippen molar-refractivity contribution in [2.75, 3.05) is 19.1 Å². The number of ether oxygens (including phenoxy) is 4. The summed E-state index contributed by atoms with van der Waals surface area (Å²) >= 11 is 5.57. The van der Waals surface area contributed by atoms with Crippen molar-refractivity contribution in [2.24, 2.45) is 0 Å². The number of benzene rings is 1. The summed E-state index contributed by atoms with van der Waals surface area (Å²) in [5.41, 5.74) is 1.11. The van der Waals surface area contributed by atoms with Gasteiger partial charge in [-0.25, -0.2) is 9.59 Å². The molecule has 11 heteroatoms. The molecule has 0 aromatic heterocycles. The zero-order valence-corrected chi connectivity index (χ0v) is 21.6. The van der Waals surface area contributed by atoms with Gasteiger partial charge in [0.25, 0.3) is 5.69 Å². The van der Waals surface area contributed by atoms with E-state index in [1.165, 1.54) is 24.6 Å². The van der Waals surface area contributed by atoms with Crippen molar-refractivity contribution >= 4 is 29.6 Å². The van der Waals surface area contributed by atoms with Gasteiger partial charge < -0.3 is 24.3 Å². The van der Waals surface area contributed by atoms with Gasteiger partial charge in [-0.1, -0.05) is 51.2 Å². The van der Waals surface area contributed by atoms with Crippen molar-refractivity contribution in [1.29, 1.82) is 0 Å². The first-order valence-corrected chi connectivity index (χ1v) is 12.5. The van der Waals surface area contributed by atoms with Crippen LogP contribution in [-0.2, 0) is 18.9 Å². The van der Waals surface area contributed by atoms with Gasteiger partial charge in [-0.2, -0.15) is 0 Å². The highest BCUT2D eigenvalue weighted by Crippen LogP contribution is 2.40. The Balaban J connectivity index is 2.24. The first-order chi connectivity index (χ1) is 17.3. The Morgan fingerprint density at radius 2 is 1.56 bits per heavy atom. The number of nitro benzene ring substituents is 1. The van der Waals surface area contributed by atoms with Gasteiger partial charge in [-0.15, -0.1) is 11.6 Å². The lowest BCUT2D eigenvalue weighted by molar-refractivity contribution is -0.384. The molecule has 1 aromatic rings. The maximum absolute atomic E-state index is 12.5. The number of hydrogen-bond donors (Lipinski definition) is 1. The third-order valence-corrected chi connectivity index (χ3v) is 5.61. The number of dihydropyridines is 1. The molecule has 1 aliphatic heterocycles. The van der Waals surface area contributed by atoms with Gasteiger partial charge in [-0.3, -0.25) is 10.1 Å². The number of carbonyl (C=O) groups excluding carboxylic acids is 2. The molecular formula is C25H33ClN2O8. The summed E-state index contributed by atoms with van der Waals surface area (Å²) < 4.78 is 21.2. The van der Waals surface area contributed by atoms with E-state index in [4.69, 9.17) is 30.5 Å². The number of unbranched alkanes of at least 4 members (excludes halogenated alkanes) is 5. The minimum Gasteiger partial charge on any atom is -0.434 e. The second-order valence-electron chi connectivity index (χ2n) is 8.25. The Hall–Kier alpha value is -3.27. The average Bonchev–Trinajstić information content (AvgIpc) is 2.85. The minimum atomic E-state index is -1.01. The maximum Gasteiger partial charge on any atom is 0.513 e. The van der Waals surface area contributed by atoms with E-state index in [0.29, 0.717) is 23.4 Å². The van der Waals surface area contributed by atoms with Crippen LogP contribution in [0.1, 0.15) is 70.8 Å². The Bertz CT molecular complexity index is 992. The first kappa shape index (κ1) is 29.0. The molecule has 36 heavy (non-hydrogen) atoms. The minimum absolute atomic E-state index is 0.0649. The van der Waals surface area contributed by atoms with E-state index in [1.54, 1.807) is 19.9 Å². The number of halogens is 1. The van der Waals surface area contributed by atoms with Crippen molar-refractivity contribution in [1.82, 2.24) is 5.32 Å². The zero-order chi connectivity index (χ0) is 26.5. The van der Waals surface area contributed by atoms with Crippen LogP contribution >= 0.6 is 11.6 Å². The second-order valence-corrected chi connectivity index (χ2v) is 8.62. The molecule has 1 N–H and O–H groups in total. The molecular weight excluding hydrogens is 492 g/mol. The molecule has 0 spiro atoms. The SMILES string of the molecule is CCCCCCCCOC(=O)OC1=C(C)NC(C)=C(OC(=O)OCCCl)C1c1cccc([N+](=O)[O-])c1. The highest BCUT2D eigenvalue weighted by molar-refractivity contribution is 6.18. The van der Waals surface area contributed by atoms with E-state index >= 15 is 0 Å². The van der Waals surface area contributed by atoms with Gasteiger partial charge in [0.1, 0.15) is 24.0 Å². The quantitative estimate of drug-likeness (QED) is 0.0991. The van der Waals surface area contributed by atoms with Crippen LogP contribution in [0.4, 0.5) is 15.3 Å². The van der Waals surface area contributed by atoms with Crippen LogP contribution < -0.4 is 5.32 Å². The molecule has 0 amide bonds. The van der Waals surface area contributed by atoms with Gasteiger partial charge in [0.05, 0.1) is 28.8 Å². The molecule has 1 atom stereocenters. The van der Waals surface area contributed by atoms with Gasteiger partial charge >= 0.3 is 12.3 Å². The largest absolute Gasteiger partial charge is 0.513 e. The third kappa shape index (κ3) is 8.75. The Morgan fingerprint density at radius 1 is 0.972 bits per heavy atom. The normalized spacial score (nSPS) is 15.3. The molecule has 0 aliphatic carbocycles. The number of nitrogens with one attached hydrogen (secondary N) is 1. The number of nitro groups is 1. The number of nitrogens with zero attached hydrogens (tertiary/aromatic N) is 1. The number of non-ortho nitro benzene ring substituents is 1. The number of allylic oxidation sites excluding steroid dienone is 2. The predicted octanol–water partition coefficient (Wildman–Crippen LogP) is 6.65. The molecule has 2 rings (SSSR count). The fourth-order valence-corrected chi connectivity index (χ4v) is 3.82.